The van der Waals surface area contributed by atoms with Crippen molar-refractivity contribution in [3.05, 3.63) is 29.8 Å². The third kappa shape index (κ3) is 6.40. The molecular formula is C15H25Cl2N3O2. The standard InChI is InChI=1S/C15H23N3O2.2ClH/c1-17(11-13-4-3-5-14(10-13)20-2)15(19)12-18-8-6-16-7-9-18;;/h3-5,10,16H,6-9,11-12H2,1-2H3;2*1H. The van der Waals surface area contributed by atoms with Crippen molar-refractivity contribution in [2.24, 2.45) is 0 Å². The number of benzene rings is 1. The minimum absolute atomic E-state index is 0. The van der Waals surface area contributed by atoms with Gasteiger partial charge in [-0.25, -0.2) is 0 Å². The molecular weight excluding hydrogens is 325 g/mol. The first-order valence-corrected chi connectivity index (χ1v) is 6.99. The van der Waals surface area contributed by atoms with Crippen LogP contribution in [-0.4, -0.2) is 62.6 Å². The normalized spacial score (nSPS) is 14.5. The topological polar surface area (TPSA) is 44.8 Å². The fourth-order valence-electron chi connectivity index (χ4n) is 2.31. The van der Waals surface area contributed by atoms with Crippen LogP contribution in [0.25, 0.3) is 0 Å². The Balaban J connectivity index is 0.00000220. The zero-order chi connectivity index (χ0) is 14.4. The smallest absolute Gasteiger partial charge is 0.236 e. The van der Waals surface area contributed by atoms with E-state index >= 15 is 0 Å². The average Bonchev–Trinajstić information content (AvgIpc) is 2.48. The largest absolute Gasteiger partial charge is 0.497 e. The Morgan fingerprint density at radius 2 is 2.00 bits per heavy atom. The van der Waals surface area contributed by atoms with Gasteiger partial charge in [0.25, 0.3) is 0 Å². The van der Waals surface area contributed by atoms with Crippen LogP contribution in [-0.2, 0) is 11.3 Å². The van der Waals surface area contributed by atoms with Crippen LogP contribution in [0.5, 0.6) is 5.75 Å². The van der Waals surface area contributed by atoms with Crippen molar-refractivity contribution in [3.8, 4) is 5.75 Å². The van der Waals surface area contributed by atoms with Crippen molar-refractivity contribution in [1.29, 1.82) is 0 Å². The molecule has 1 amide bonds. The molecule has 1 heterocycles. The van der Waals surface area contributed by atoms with Gasteiger partial charge in [0.2, 0.25) is 5.91 Å². The van der Waals surface area contributed by atoms with Crippen molar-refractivity contribution in [3.63, 3.8) is 0 Å². The van der Waals surface area contributed by atoms with Gasteiger partial charge >= 0.3 is 0 Å². The molecule has 0 aromatic heterocycles. The number of methoxy groups -OCH3 is 1. The third-order valence-electron chi connectivity index (χ3n) is 3.55. The molecule has 0 radical (unpaired) electrons. The number of nitrogens with zero attached hydrogens (tertiary/aromatic N) is 2. The first-order chi connectivity index (χ1) is 9.69. The molecule has 1 fully saturated rings. The lowest BCUT2D eigenvalue weighted by atomic mass is 10.2. The molecule has 0 unspecified atom stereocenters. The Kier molecular flexibility index (Phi) is 10.2. The molecule has 22 heavy (non-hydrogen) atoms. The van der Waals surface area contributed by atoms with Gasteiger partial charge in [0, 0.05) is 39.8 Å². The Labute approximate surface area is 144 Å². The second-order valence-electron chi connectivity index (χ2n) is 5.13. The van der Waals surface area contributed by atoms with Gasteiger partial charge in [0.15, 0.2) is 0 Å². The van der Waals surface area contributed by atoms with Crippen molar-refractivity contribution < 1.29 is 9.53 Å². The molecule has 1 aromatic rings. The maximum atomic E-state index is 12.2. The summed E-state index contributed by atoms with van der Waals surface area (Å²) in [5.74, 6) is 0.986. The summed E-state index contributed by atoms with van der Waals surface area (Å²) in [6.07, 6.45) is 0. The Hall–Kier alpha value is -1.01. The number of nitrogens with one attached hydrogen (secondary N) is 1. The van der Waals surface area contributed by atoms with Crippen LogP contribution in [0.3, 0.4) is 0 Å². The SMILES string of the molecule is COc1cccc(CN(C)C(=O)CN2CCNCC2)c1.Cl.Cl. The second-order valence-corrected chi connectivity index (χ2v) is 5.13. The van der Waals surface area contributed by atoms with Crippen LogP contribution in [0, 0.1) is 0 Å². The number of carbonyl (C=O) groups is 1. The van der Waals surface area contributed by atoms with Crippen molar-refractivity contribution in [2.45, 2.75) is 6.54 Å². The minimum Gasteiger partial charge on any atom is -0.497 e. The number of rotatable bonds is 5. The lowest BCUT2D eigenvalue weighted by molar-refractivity contribution is -0.131. The predicted molar refractivity (Wildman–Crippen MR) is 93.3 cm³/mol. The van der Waals surface area contributed by atoms with Gasteiger partial charge in [0.1, 0.15) is 5.75 Å². The highest BCUT2D eigenvalue weighted by molar-refractivity contribution is 5.85. The first-order valence-electron chi connectivity index (χ1n) is 6.99. The first kappa shape index (κ1) is 21.0. The monoisotopic (exact) mass is 349 g/mol. The van der Waals surface area contributed by atoms with Crippen LogP contribution < -0.4 is 10.1 Å². The number of likely N-dealkylation sites (N-methyl/N-ethyl adjacent to an activating group) is 1. The van der Waals surface area contributed by atoms with Gasteiger partial charge in [-0.1, -0.05) is 12.1 Å². The summed E-state index contributed by atoms with van der Waals surface area (Å²) in [6.45, 7) is 4.93. The molecule has 2 rings (SSSR count). The van der Waals surface area contributed by atoms with E-state index in [1.807, 2.05) is 31.3 Å². The molecule has 0 spiro atoms. The Morgan fingerprint density at radius 3 is 2.64 bits per heavy atom. The zero-order valence-electron chi connectivity index (χ0n) is 13.1. The molecule has 0 aliphatic carbocycles. The Bertz CT molecular complexity index is 454. The quantitative estimate of drug-likeness (QED) is 0.872. The Morgan fingerprint density at radius 1 is 1.32 bits per heavy atom. The maximum Gasteiger partial charge on any atom is 0.236 e. The van der Waals surface area contributed by atoms with Crippen molar-refractivity contribution >= 4 is 30.7 Å². The minimum atomic E-state index is 0. The van der Waals surface area contributed by atoms with Gasteiger partial charge in [-0.15, -0.1) is 24.8 Å². The maximum absolute atomic E-state index is 12.2. The van der Waals surface area contributed by atoms with Crippen molar-refractivity contribution in [2.75, 3.05) is 46.9 Å². The summed E-state index contributed by atoms with van der Waals surface area (Å²) in [7, 11) is 3.50. The average molecular weight is 350 g/mol. The van der Waals surface area contributed by atoms with E-state index in [-0.39, 0.29) is 30.7 Å². The summed E-state index contributed by atoms with van der Waals surface area (Å²) in [5.41, 5.74) is 1.08. The van der Waals surface area contributed by atoms with Crippen LogP contribution >= 0.6 is 24.8 Å². The number of ether oxygens (including phenoxy) is 1. The van der Waals surface area contributed by atoms with Crippen LogP contribution in [0.2, 0.25) is 0 Å². The van der Waals surface area contributed by atoms with E-state index in [2.05, 4.69) is 10.2 Å². The lowest BCUT2D eigenvalue weighted by Gasteiger charge is -2.28. The van der Waals surface area contributed by atoms with Crippen LogP contribution in [0.4, 0.5) is 0 Å². The second kappa shape index (κ2) is 10.7. The molecule has 1 aromatic carbocycles. The van der Waals surface area contributed by atoms with Gasteiger partial charge < -0.3 is 15.0 Å². The summed E-state index contributed by atoms with van der Waals surface area (Å²) in [5, 5.41) is 3.29. The van der Waals surface area contributed by atoms with E-state index in [1.165, 1.54) is 0 Å². The van der Waals surface area contributed by atoms with Crippen molar-refractivity contribution in [1.82, 2.24) is 15.1 Å². The summed E-state index contributed by atoms with van der Waals surface area (Å²) >= 11 is 0. The van der Waals surface area contributed by atoms with E-state index in [0.29, 0.717) is 13.1 Å². The highest BCUT2D eigenvalue weighted by atomic mass is 35.5. The number of halogens is 2. The molecule has 126 valence electrons. The fourth-order valence-corrected chi connectivity index (χ4v) is 2.31. The van der Waals surface area contributed by atoms with Gasteiger partial charge in [-0.2, -0.15) is 0 Å². The molecule has 1 aliphatic rings. The molecule has 5 nitrogen and oxygen atoms in total. The molecule has 0 atom stereocenters. The lowest BCUT2D eigenvalue weighted by Crippen LogP contribution is -2.47. The number of hydrogen-bond donors (Lipinski definition) is 1. The number of amides is 1. The van der Waals surface area contributed by atoms with Gasteiger partial charge in [0.05, 0.1) is 13.7 Å². The number of piperazine rings is 1. The van der Waals surface area contributed by atoms with E-state index in [0.717, 1.165) is 37.5 Å². The van der Waals surface area contributed by atoms with E-state index < -0.39 is 0 Å². The van der Waals surface area contributed by atoms with E-state index in [9.17, 15) is 4.79 Å². The number of hydrogen-bond acceptors (Lipinski definition) is 4. The fraction of sp³-hybridized carbons (Fsp3) is 0.533. The molecule has 1 aliphatic heterocycles. The molecule has 0 bridgehead atoms. The molecule has 1 N–H and O–H groups in total. The highest BCUT2D eigenvalue weighted by Gasteiger charge is 2.16. The number of carbonyl (C=O) groups excluding carboxylic acids is 1. The summed E-state index contributed by atoms with van der Waals surface area (Å²) in [4.78, 5) is 16.2. The molecule has 1 saturated heterocycles. The van der Waals surface area contributed by atoms with E-state index in [4.69, 9.17) is 4.74 Å². The summed E-state index contributed by atoms with van der Waals surface area (Å²) in [6, 6.07) is 7.83. The highest BCUT2D eigenvalue weighted by Crippen LogP contribution is 2.14. The van der Waals surface area contributed by atoms with Crippen LogP contribution in [0.15, 0.2) is 24.3 Å². The van der Waals surface area contributed by atoms with Crippen LogP contribution in [0.1, 0.15) is 5.56 Å². The zero-order valence-corrected chi connectivity index (χ0v) is 14.7. The molecule has 7 heteroatoms. The van der Waals surface area contributed by atoms with E-state index in [1.54, 1.807) is 12.0 Å². The van der Waals surface area contributed by atoms with Gasteiger partial charge in [-0.05, 0) is 17.7 Å². The third-order valence-corrected chi connectivity index (χ3v) is 3.55. The molecule has 0 saturated carbocycles. The van der Waals surface area contributed by atoms with Gasteiger partial charge in [-0.3, -0.25) is 9.69 Å². The summed E-state index contributed by atoms with van der Waals surface area (Å²) < 4.78 is 5.20. The predicted octanol–water partition coefficient (Wildman–Crippen LogP) is 1.40.